The molecule has 0 spiro atoms. The van der Waals surface area contributed by atoms with Crippen LogP contribution in [-0.4, -0.2) is 12.2 Å². The van der Waals surface area contributed by atoms with Crippen LogP contribution in [0.1, 0.15) is 28.9 Å². The Bertz CT molecular complexity index is 643. The fraction of sp³-hybridized carbons (Fsp3) is 0.188. The van der Waals surface area contributed by atoms with E-state index in [1.165, 1.54) is 17.0 Å². The molecule has 1 atom stereocenters. The highest BCUT2D eigenvalue weighted by Crippen LogP contribution is 2.20. The predicted octanol–water partition coefficient (Wildman–Crippen LogP) is 3.62. The Balaban J connectivity index is 2.10. The number of rotatable bonds is 4. The van der Waals surface area contributed by atoms with E-state index in [0.29, 0.717) is 0 Å². The van der Waals surface area contributed by atoms with E-state index in [1.807, 2.05) is 37.4 Å². The Hall–Kier alpha value is -2.01. The standard InChI is InChI=1S/C16H17FN2OS/c1-10(11-3-6-13(21-2)7-4-11)19-16(20)14-8-5-12(17)9-15(14)18/h3-10H,18H2,1-2H3,(H,19,20). The number of nitrogens with two attached hydrogens (primary N) is 1. The van der Waals surface area contributed by atoms with Gasteiger partial charge in [0.15, 0.2) is 0 Å². The van der Waals surface area contributed by atoms with E-state index in [9.17, 15) is 9.18 Å². The summed E-state index contributed by atoms with van der Waals surface area (Å²) < 4.78 is 13.0. The summed E-state index contributed by atoms with van der Waals surface area (Å²) in [6.45, 7) is 1.89. The third-order valence-electron chi connectivity index (χ3n) is 3.22. The minimum Gasteiger partial charge on any atom is -0.398 e. The average Bonchev–Trinajstić information content (AvgIpc) is 2.47. The lowest BCUT2D eigenvalue weighted by molar-refractivity contribution is 0.0940. The third kappa shape index (κ3) is 3.76. The lowest BCUT2D eigenvalue weighted by Gasteiger charge is -2.15. The van der Waals surface area contributed by atoms with E-state index in [-0.39, 0.29) is 23.2 Å². The van der Waals surface area contributed by atoms with E-state index in [2.05, 4.69) is 5.32 Å². The predicted molar refractivity (Wildman–Crippen MR) is 84.9 cm³/mol. The molecule has 110 valence electrons. The topological polar surface area (TPSA) is 55.1 Å². The van der Waals surface area contributed by atoms with Gasteiger partial charge in [-0.3, -0.25) is 4.79 Å². The first-order valence-electron chi connectivity index (χ1n) is 6.51. The Morgan fingerprint density at radius 2 is 1.90 bits per heavy atom. The molecular formula is C16H17FN2OS. The van der Waals surface area contributed by atoms with Gasteiger partial charge in [0.25, 0.3) is 5.91 Å². The molecule has 0 saturated heterocycles. The molecule has 5 heteroatoms. The van der Waals surface area contributed by atoms with Crippen LogP contribution in [-0.2, 0) is 0 Å². The summed E-state index contributed by atoms with van der Waals surface area (Å²) in [5.41, 5.74) is 7.09. The lowest BCUT2D eigenvalue weighted by Crippen LogP contribution is -2.27. The summed E-state index contributed by atoms with van der Waals surface area (Å²) in [6.07, 6.45) is 2.01. The maximum absolute atomic E-state index is 13.0. The zero-order valence-electron chi connectivity index (χ0n) is 11.9. The summed E-state index contributed by atoms with van der Waals surface area (Å²) >= 11 is 1.66. The van der Waals surface area contributed by atoms with Crippen LogP contribution < -0.4 is 11.1 Å². The number of halogens is 1. The van der Waals surface area contributed by atoms with Crippen LogP contribution in [0.3, 0.4) is 0 Å². The van der Waals surface area contributed by atoms with Crippen molar-refractivity contribution >= 4 is 23.4 Å². The van der Waals surface area contributed by atoms with E-state index >= 15 is 0 Å². The largest absolute Gasteiger partial charge is 0.398 e. The van der Waals surface area contributed by atoms with Crippen molar-refractivity contribution in [3.63, 3.8) is 0 Å². The molecule has 2 rings (SSSR count). The molecule has 0 bridgehead atoms. The molecule has 0 aliphatic heterocycles. The first kappa shape index (κ1) is 15.4. The number of hydrogen-bond donors (Lipinski definition) is 2. The molecule has 2 aromatic carbocycles. The quantitative estimate of drug-likeness (QED) is 0.670. The average molecular weight is 304 g/mol. The molecule has 1 unspecified atom stereocenters. The lowest BCUT2D eigenvalue weighted by atomic mass is 10.1. The highest BCUT2D eigenvalue weighted by molar-refractivity contribution is 7.98. The number of carbonyl (C=O) groups is 1. The second-order valence-corrected chi connectivity index (χ2v) is 5.58. The summed E-state index contributed by atoms with van der Waals surface area (Å²) in [5, 5.41) is 2.86. The van der Waals surface area contributed by atoms with Crippen LogP contribution in [0.2, 0.25) is 0 Å². The Kier molecular flexibility index (Phi) is 4.85. The number of nitrogens with one attached hydrogen (secondary N) is 1. The molecule has 21 heavy (non-hydrogen) atoms. The van der Waals surface area contributed by atoms with Gasteiger partial charge < -0.3 is 11.1 Å². The Morgan fingerprint density at radius 3 is 2.48 bits per heavy atom. The highest BCUT2D eigenvalue weighted by Gasteiger charge is 2.14. The van der Waals surface area contributed by atoms with Crippen molar-refractivity contribution in [3.05, 3.63) is 59.4 Å². The van der Waals surface area contributed by atoms with E-state index in [1.54, 1.807) is 11.8 Å². The van der Waals surface area contributed by atoms with Gasteiger partial charge in [-0.25, -0.2) is 4.39 Å². The normalized spacial score (nSPS) is 12.0. The first-order valence-corrected chi connectivity index (χ1v) is 7.73. The molecule has 0 radical (unpaired) electrons. The summed E-state index contributed by atoms with van der Waals surface area (Å²) in [5.74, 6) is -0.765. The van der Waals surface area contributed by atoms with Crippen molar-refractivity contribution in [2.24, 2.45) is 0 Å². The number of thioether (sulfide) groups is 1. The molecule has 0 aliphatic rings. The second kappa shape index (κ2) is 6.63. The highest BCUT2D eigenvalue weighted by atomic mass is 32.2. The molecule has 0 aromatic heterocycles. The fourth-order valence-corrected chi connectivity index (χ4v) is 2.40. The van der Waals surface area contributed by atoms with Crippen molar-refractivity contribution < 1.29 is 9.18 Å². The molecule has 1 amide bonds. The van der Waals surface area contributed by atoms with Crippen LogP contribution in [0, 0.1) is 5.82 Å². The molecule has 0 aliphatic carbocycles. The number of benzene rings is 2. The van der Waals surface area contributed by atoms with E-state index in [0.717, 1.165) is 11.6 Å². The molecule has 3 nitrogen and oxygen atoms in total. The molecule has 3 N–H and O–H groups in total. The van der Waals surface area contributed by atoms with Crippen molar-refractivity contribution in [1.82, 2.24) is 5.32 Å². The van der Waals surface area contributed by atoms with Gasteiger partial charge in [-0.1, -0.05) is 12.1 Å². The summed E-state index contributed by atoms with van der Waals surface area (Å²) in [6, 6.07) is 11.6. The summed E-state index contributed by atoms with van der Waals surface area (Å²) in [4.78, 5) is 13.3. The second-order valence-electron chi connectivity index (χ2n) is 4.70. The molecular weight excluding hydrogens is 287 g/mol. The Labute approximate surface area is 127 Å². The van der Waals surface area contributed by atoms with Gasteiger partial charge >= 0.3 is 0 Å². The van der Waals surface area contributed by atoms with Crippen LogP contribution in [0.15, 0.2) is 47.4 Å². The maximum atomic E-state index is 13.0. The van der Waals surface area contributed by atoms with Gasteiger partial charge in [0.2, 0.25) is 0 Å². The molecule has 0 saturated carbocycles. The summed E-state index contributed by atoms with van der Waals surface area (Å²) in [7, 11) is 0. The smallest absolute Gasteiger partial charge is 0.253 e. The van der Waals surface area contributed by atoms with Crippen molar-refractivity contribution in [2.75, 3.05) is 12.0 Å². The number of anilines is 1. The van der Waals surface area contributed by atoms with Crippen molar-refractivity contribution in [2.45, 2.75) is 17.9 Å². The Morgan fingerprint density at radius 1 is 1.24 bits per heavy atom. The van der Waals surface area contributed by atoms with E-state index in [4.69, 9.17) is 5.73 Å². The zero-order valence-corrected chi connectivity index (χ0v) is 12.7. The van der Waals surface area contributed by atoms with Gasteiger partial charge in [-0.15, -0.1) is 11.8 Å². The molecule has 2 aromatic rings. The van der Waals surface area contributed by atoms with Crippen LogP contribution in [0.4, 0.5) is 10.1 Å². The van der Waals surface area contributed by atoms with Crippen molar-refractivity contribution in [3.8, 4) is 0 Å². The molecule has 0 heterocycles. The minimum atomic E-state index is -0.454. The number of carbonyl (C=O) groups excluding carboxylic acids is 1. The first-order chi connectivity index (χ1) is 10.0. The van der Waals surface area contributed by atoms with Gasteiger partial charge in [-0.05, 0) is 49.1 Å². The van der Waals surface area contributed by atoms with Crippen LogP contribution in [0.25, 0.3) is 0 Å². The van der Waals surface area contributed by atoms with Gasteiger partial charge in [0, 0.05) is 10.6 Å². The monoisotopic (exact) mass is 304 g/mol. The van der Waals surface area contributed by atoms with Gasteiger partial charge in [-0.2, -0.15) is 0 Å². The third-order valence-corrected chi connectivity index (χ3v) is 3.97. The minimum absolute atomic E-state index is 0.137. The fourth-order valence-electron chi connectivity index (χ4n) is 1.99. The number of nitrogen functional groups attached to an aromatic ring is 1. The van der Waals surface area contributed by atoms with Crippen LogP contribution in [0.5, 0.6) is 0 Å². The maximum Gasteiger partial charge on any atom is 0.253 e. The zero-order chi connectivity index (χ0) is 15.4. The van der Waals surface area contributed by atoms with Gasteiger partial charge in [0.05, 0.1) is 11.6 Å². The van der Waals surface area contributed by atoms with Crippen molar-refractivity contribution in [1.29, 1.82) is 0 Å². The van der Waals surface area contributed by atoms with E-state index < -0.39 is 5.82 Å². The number of amides is 1. The SMILES string of the molecule is CSc1ccc(C(C)NC(=O)c2ccc(F)cc2N)cc1. The molecule has 0 fully saturated rings. The van der Waals surface area contributed by atoms with Crippen LogP contribution >= 0.6 is 11.8 Å². The van der Waals surface area contributed by atoms with Gasteiger partial charge in [0.1, 0.15) is 5.82 Å². The number of hydrogen-bond acceptors (Lipinski definition) is 3.